The zero-order valence-electron chi connectivity index (χ0n) is 11.8. The molecule has 2 aromatic carbocycles. The summed E-state index contributed by atoms with van der Waals surface area (Å²) in [6.45, 7) is 2.42. The smallest absolute Gasteiger partial charge is 0.243 e. The van der Waals surface area contributed by atoms with Crippen LogP contribution in [0.4, 0.5) is 0 Å². The van der Waals surface area contributed by atoms with Crippen LogP contribution in [-0.4, -0.2) is 17.8 Å². The van der Waals surface area contributed by atoms with Crippen molar-refractivity contribution in [3.05, 3.63) is 64.7 Å². The van der Waals surface area contributed by atoms with E-state index in [0.717, 1.165) is 11.1 Å². The van der Waals surface area contributed by atoms with Gasteiger partial charge in [0.2, 0.25) is 10.0 Å². The Kier molecular flexibility index (Phi) is 3.57. The van der Waals surface area contributed by atoms with Crippen molar-refractivity contribution in [3.8, 4) is 0 Å². The molecule has 1 N–H and O–H groups in total. The van der Waals surface area contributed by atoms with Gasteiger partial charge in [-0.05, 0) is 35.2 Å². The van der Waals surface area contributed by atoms with Crippen molar-refractivity contribution in [3.63, 3.8) is 0 Å². The Morgan fingerprint density at radius 2 is 1.71 bits per heavy atom. The van der Waals surface area contributed by atoms with Crippen molar-refractivity contribution in [2.45, 2.75) is 31.5 Å². The summed E-state index contributed by atoms with van der Waals surface area (Å²) in [5.41, 5.74) is 3.41. The summed E-state index contributed by atoms with van der Waals surface area (Å²) in [5, 5.41) is 9.22. The van der Waals surface area contributed by atoms with E-state index < -0.39 is 10.0 Å². The first-order valence-corrected chi connectivity index (χ1v) is 8.23. The Morgan fingerprint density at radius 3 is 2.29 bits per heavy atom. The van der Waals surface area contributed by atoms with Crippen LogP contribution in [0.25, 0.3) is 0 Å². The third-order valence-corrected chi connectivity index (χ3v) is 5.80. The van der Waals surface area contributed by atoms with E-state index in [-0.39, 0.29) is 11.5 Å². The molecular formula is C16H17NO3S. The van der Waals surface area contributed by atoms with E-state index in [1.54, 1.807) is 25.1 Å². The van der Waals surface area contributed by atoms with E-state index in [2.05, 4.69) is 0 Å². The normalized spacial score (nSPS) is 15.1. The fraction of sp³-hybridized carbons (Fsp3) is 0.250. The number of rotatable bonds is 3. The molecule has 0 saturated carbocycles. The molecule has 4 nitrogen and oxygen atoms in total. The maximum Gasteiger partial charge on any atom is 0.243 e. The highest BCUT2D eigenvalue weighted by molar-refractivity contribution is 7.89. The van der Waals surface area contributed by atoms with Crippen LogP contribution in [0.1, 0.15) is 22.3 Å². The Morgan fingerprint density at radius 1 is 1.10 bits per heavy atom. The number of sulfonamides is 1. The van der Waals surface area contributed by atoms with Crippen LogP contribution in [0.15, 0.2) is 47.4 Å². The van der Waals surface area contributed by atoms with Crippen molar-refractivity contribution in [1.29, 1.82) is 0 Å². The number of benzene rings is 2. The molecule has 1 aliphatic heterocycles. The highest BCUT2D eigenvalue weighted by atomic mass is 32.2. The Balaban J connectivity index is 2.00. The van der Waals surface area contributed by atoms with E-state index in [1.807, 2.05) is 24.3 Å². The lowest BCUT2D eigenvalue weighted by Crippen LogP contribution is -2.26. The summed E-state index contributed by atoms with van der Waals surface area (Å²) in [4.78, 5) is 0.279. The fourth-order valence-corrected chi connectivity index (χ4v) is 4.30. The van der Waals surface area contributed by atoms with Gasteiger partial charge in [-0.3, -0.25) is 0 Å². The lowest BCUT2D eigenvalue weighted by Gasteiger charge is -2.18. The molecule has 21 heavy (non-hydrogen) atoms. The van der Waals surface area contributed by atoms with Crippen molar-refractivity contribution in [1.82, 2.24) is 4.31 Å². The minimum atomic E-state index is -3.55. The van der Waals surface area contributed by atoms with Gasteiger partial charge in [-0.1, -0.05) is 36.4 Å². The summed E-state index contributed by atoms with van der Waals surface area (Å²) in [5.74, 6) is 0. The summed E-state index contributed by atoms with van der Waals surface area (Å²) >= 11 is 0. The molecule has 0 bridgehead atoms. The second-order valence-corrected chi connectivity index (χ2v) is 7.21. The first kappa shape index (κ1) is 14.3. The second-order valence-electron chi connectivity index (χ2n) is 5.30. The maximum atomic E-state index is 12.8. The average molecular weight is 303 g/mol. The van der Waals surface area contributed by atoms with Crippen molar-refractivity contribution in [2.24, 2.45) is 0 Å². The lowest BCUT2D eigenvalue weighted by molar-refractivity contribution is 0.281. The molecule has 0 amide bonds. The van der Waals surface area contributed by atoms with Gasteiger partial charge < -0.3 is 5.11 Å². The van der Waals surface area contributed by atoms with Gasteiger partial charge in [0.1, 0.15) is 0 Å². The van der Waals surface area contributed by atoms with Crippen molar-refractivity contribution < 1.29 is 13.5 Å². The van der Waals surface area contributed by atoms with Gasteiger partial charge in [0.25, 0.3) is 0 Å². The highest BCUT2D eigenvalue weighted by Gasteiger charge is 2.31. The molecule has 110 valence electrons. The monoisotopic (exact) mass is 303 g/mol. The number of aryl methyl sites for hydroxylation is 1. The Hall–Kier alpha value is -1.69. The van der Waals surface area contributed by atoms with Crippen LogP contribution in [0.5, 0.6) is 0 Å². The van der Waals surface area contributed by atoms with E-state index >= 15 is 0 Å². The molecule has 0 aromatic heterocycles. The molecule has 0 saturated heterocycles. The lowest BCUT2D eigenvalue weighted by atomic mass is 10.1. The van der Waals surface area contributed by atoms with Gasteiger partial charge in [-0.25, -0.2) is 8.42 Å². The maximum absolute atomic E-state index is 12.8. The van der Waals surface area contributed by atoms with Gasteiger partial charge >= 0.3 is 0 Å². The molecule has 0 unspecified atom stereocenters. The quantitative estimate of drug-likeness (QED) is 0.945. The van der Waals surface area contributed by atoms with Crippen LogP contribution in [0, 0.1) is 6.92 Å². The summed E-state index contributed by atoms with van der Waals surface area (Å²) in [6.07, 6.45) is 0. The predicted molar refractivity (Wildman–Crippen MR) is 80.0 cm³/mol. The summed E-state index contributed by atoms with van der Waals surface area (Å²) in [6, 6.07) is 12.8. The van der Waals surface area contributed by atoms with Gasteiger partial charge in [0.05, 0.1) is 11.5 Å². The molecule has 1 heterocycles. The van der Waals surface area contributed by atoms with Crippen molar-refractivity contribution in [2.75, 3.05) is 0 Å². The molecule has 0 atom stereocenters. The minimum absolute atomic E-state index is 0.164. The molecule has 2 aromatic rings. The second kappa shape index (κ2) is 5.26. The van der Waals surface area contributed by atoms with E-state index in [0.29, 0.717) is 24.2 Å². The van der Waals surface area contributed by atoms with Crippen molar-refractivity contribution >= 4 is 10.0 Å². The van der Waals surface area contributed by atoms with E-state index in [1.165, 1.54) is 4.31 Å². The molecule has 0 radical (unpaired) electrons. The first-order valence-electron chi connectivity index (χ1n) is 6.79. The van der Waals surface area contributed by atoms with E-state index in [4.69, 9.17) is 0 Å². The fourth-order valence-electron chi connectivity index (χ4n) is 2.63. The van der Waals surface area contributed by atoms with Crippen LogP contribution >= 0.6 is 0 Å². The minimum Gasteiger partial charge on any atom is -0.392 e. The van der Waals surface area contributed by atoms with Gasteiger partial charge in [-0.15, -0.1) is 0 Å². The van der Waals surface area contributed by atoms with Crippen LogP contribution in [-0.2, 0) is 29.7 Å². The number of fused-ring (bicyclic) bond motifs is 1. The third-order valence-electron chi connectivity index (χ3n) is 3.86. The molecule has 0 spiro atoms. The number of aliphatic hydroxyl groups is 1. The molecule has 0 fully saturated rings. The third kappa shape index (κ3) is 2.48. The van der Waals surface area contributed by atoms with Gasteiger partial charge in [-0.2, -0.15) is 4.31 Å². The Bertz CT molecular complexity index is 759. The highest BCUT2D eigenvalue weighted by Crippen LogP contribution is 2.30. The SMILES string of the molecule is Cc1ccc(CO)cc1S(=O)(=O)N1Cc2ccccc2C1. The number of hydrogen-bond donors (Lipinski definition) is 1. The first-order chi connectivity index (χ1) is 10.0. The number of aliphatic hydroxyl groups excluding tert-OH is 1. The molecular weight excluding hydrogens is 286 g/mol. The van der Waals surface area contributed by atoms with Crippen LogP contribution < -0.4 is 0 Å². The summed E-state index contributed by atoms with van der Waals surface area (Å²) in [7, 11) is -3.55. The number of nitrogens with zero attached hydrogens (tertiary/aromatic N) is 1. The molecule has 3 rings (SSSR count). The summed E-state index contributed by atoms with van der Waals surface area (Å²) < 4.78 is 27.2. The topological polar surface area (TPSA) is 57.6 Å². The average Bonchev–Trinajstić information content (AvgIpc) is 2.92. The zero-order valence-corrected chi connectivity index (χ0v) is 12.6. The van der Waals surface area contributed by atoms with Crippen LogP contribution in [0.3, 0.4) is 0 Å². The largest absolute Gasteiger partial charge is 0.392 e. The Labute approximate surface area is 124 Å². The molecule has 0 aliphatic carbocycles. The number of hydrogen-bond acceptors (Lipinski definition) is 3. The standard InChI is InChI=1S/C16H17NO3S/c1-12-6-7-13(11-18)8-16(12)21(19,20)17-9-14-4-2-3-5-15(14)10-17/h2-8,18H,9-11H2,1H3. The van der Waals surface area contributed by atoms with Crippen LogP contribution in [0.2, 0.25) is 0 Å². The van der Waals surface area contributed by atoms with Gasteiger partial charge in [0.15, 0.2) is 0 Å². The predicted octanol–water partition coefficient (Wildman–Crippen LogP) is 2.19. The molecule has 1 aliphatic rings. The zero-order chi connectivity index (χ0) is 15.0. The van der Waals surface area contributed by atoms with E-state index in [9.17, 15) is 13.5 Å². The molecule has 5 heteroatoms. The van der Waals surface area contributed by atoms with Gasteiger partial charge in [0, 0.05) is 13.1 Å².